The molecule has 0 saturated heterocycles. The summed E-state index contributed by atoms with van der Waals surface area (Å²) in [4.78, 5) is 15.6. The fourth-order valence-electron chi connectivity index (χ4n) is 3.48. The van der Waals surface area contributed by atoms with Crippen LogP contribution in [0.25, 0.3) is 0 Å². The highest BCUT2D eigenvalue weighted by atomic mass is 35.5. The number of amides is 1. The van der Waals surface area contributed by atoms with Crippen molar-refractivity contribution in [2.24, 2.45) is 0 Å². The average Bonchev–Trinajstić information content (AvgIpc) is 2.82. The van der Waals surface area contributed by atoms with Gasteiger partial charge in [0.25, 0.3) is 0 Å². The molecule has 0 fully saturated rings. The summed E-state index contributed by atoms with van der Waals surface area (Å²) >= 11 is 6.08. The van der Waals surface area contributed by atoms with E-state index < -0.39 is 19.3 Å². The van der Waals surface area contributed by atoms with Crippen molar-refractivity contribution in [2.45, 2.75) is 82.7 Å². The largest absolute Gasteiger partial charge is 0.415 e. The van der Waals surface area contributed by atoms with Gasteiger partial charge in [-0.25, -0.2) is 8.93 Å². The van der Waals surface area contributed by atoms with Gasteiger partial charge >= 0.3 is 0 Å². The lowest BCUT2D eigenvalue weighted by molar-refractivity contribution is -0.133. The van der Waals surface area contributed by atoms with Crippen molar-refractivity contribution in [1.82, 2.24) is 9.62 Å². The van der Waals surface area contributed by atoms with Gasteiger partial charge in [-0.05, 0) is 49.2 Å². The first-order valence-corrected chi connectivity index (χ1v) is 16.8. The van der Waals surface area contributed by atoms with Crippen LogP contribution in [0.2, 0.25) is 18.1 Å². The number of benzene rings is 2. The number of carbonyl (C=O) groups is 1. The molecule has 0 bridgehead atoms. The quantitative estimate of drug-likeness (QED) is 0.265. The van der Waals surface area contributed by atoms with Gasteiger partial charge in [0.05, 0.1) is 17.5 Å². The van der Waals surface area contributed by atoms with E-state index in [0.717, 1.165) is 11.1 Å². The van der Waals surface area contributed by atoms with Crippen molar-refractivity contribution in [3.63, 3.8) is 0 Å². The molecule has 0 saturated carbocycles. The second-order valence-electron chi connectivity index (χ2n) is 10.5. The lowest BCUT2D eigenvalue weighted by atomic mass is 10.0. The number of aryl methyl sites for hydroxylation is 1. The van der Waals surface area contributed by atoms with Gasteiger partial charge in [-0.3, -0.25) is 4.79 Å². The lowest BCUT2D eigenvalue weighted by Gasteiger charge is -2.41. The predicted molar refractivity (Wildman–Crippen MR) is 149 cm³/mol. The summed E-state index contributed by atoms with van der Waals surface area (Å²) in [5.74, 6) is -0.290. The maximum atomic E-state index is 13.2. The Morgan fingerprint density at radius 2 is 1.71 bits per heavy atom. The fraction of sp³-hybridized carbons (Fsp3) is 0.519. The van der Waals surface area contributed by atoms with Crippen LogP contribution in [0.3, 0.4) is 0 Å². The van der Waals surface area contributed by atoms with Crippen molar-refractivity contribution in [1.29, 1.82) is 0 Å². The van der Waals surface area contributed by atoms with Crippen molar-refractivity contribution in [3.8, 4) is 0 Å². The molecule has 2 aromatic rings. The molecule has 0 radical (unpaired) electrons. The first kappa shape index (κ1) is 29.7. The van der Waals surface area contributed by atoms with E-state index in [2.05, 4.69) is 38.6 Å². The van der Waals surface area contributed by atoms with E-state index in [9.17, 15) is 9.00 Å². The molecule has 0 aliphatic rings. The summed E-state index contributed by atoms with van der Waals surface area (Å²) in [6, 6.07) is 16.9. The van der Waals surface area contributed by atoms with Crippen LogP contribution in [-0.4, -0.2) is 47.9 Å². The monoisotopic (exact) mass is 536 g/mol. The van der Waals surface area contributed by atoms with Crippen molar-refractivity contribution < 1.29 is 13.4 Å². The summed E-state index contributed by atoms with van der Waals surface area (Å²) in [5.41, 5.74) is 2.12. The zero-order valence-electron chi connectivity index (χ0n) is 22.1. The van der Waals surface area contributed by atoms with E-state index in [1.165, 1.54) is 0 Å². The Kier molecular flexibility index (Phi) is 11.2. The molecule has 2 aromatic carbocycles. The number of nitrogens with zero attached hydrogens (tertiary/aromatic N) is 1. The van der Waals surface area contributed by atoms with E-state index in [0.29, 0.717) is 24.5 Å². The predicted octanol–water partition coefficient (Wildman–Crippen LogP) is 6.04. The minimum absolute atomic E-state index is 0.0260. The third kappa shape index (κ3) is 8.53. The van der Waals surface area contributed by atoms with Crippen LogP contribution in [0.1, 0.15) is 45.2 Å². The van der Waals surface area contributed by atoms with E-state index in [-0.39, 0.29) is 28.9 Å². The third-order valence-electron chi connectivity index (χ3n) is 6.85. The standard InChI is InChI=1S/C27H41ClN2O3SSi/c1-8-24(29-34(32)23-16-14-21(2)15-17-23)25(20-33-35(6,7)27(3,4)5)30(26(31)18-28)19-22-12-10-9-11-13-22/h9-17,24-25,29H,8,18-20H2,1-7H3/t24-,25-,34+/m1/s1. The van der Waals surface area contributed by atoms with E-state index in [1.807, 2.05) is 68.4 Å². The summed E-state index contributed by atoms with van der Waals surface area (Å²) < 4.78 is 23.2. The summed E-state index contributed by atoms with van der Waals surface area (Å²) in [7, 11) is -3.52. The second-order valence-corrected chi connectivity index (χ2v) is 16.8. The van der Waals surface area contributed by atoms with Crippen molar-refractivity contribution >= 4 is 36.8 Å². The highest BCUT2D eigenvalue weighted by Gasteiger charge is 2.40. The molecule has 1 amide bonds. The lowest BCUT2D eigenvalue weighted by Crippen LogP contribution is -2.56. The van der Waals surface area contributed by atoms with Gasteiger partial charge < -0.3 is 9.33 Å². The van der Waals surface area contributed by atoms with Crippen LogP contribution in [0, 0.1) is 6.92 Å². The first-order chi connectivity index (χ1) is 16.4. The molecular weight excluding hydrogens is 496 g/mol. The van der Waals surface area contributed by atoms with Crippen LogP contribution < -0.4 is 4.72 Å². The fourth-order valence-corrected chi connectivity index (χ4v) is 5.77. The Morgan fingerprint density at radius 3 is 2.23 bits per heavy atom. The number of hydrogen-bond donors (Lipinski definition) is 1. The van der Waals surface area contributed by atoms with Gasteiger partial charge in [-0.1, -0.05) is 75.7 Å². The molecule has 194 valence electrons. The molecule has 5 nitrogen and oxygen atoms in total. The molecule has 0 aliphatic carbocycles. The van der Waals surface area contributed by atoms with E-state index >= 15 is 0 Å². The van der Waals surface area contributed by atoms with Gasteiger partial charge in [0.15, 0.2) is 8.32 Å². The normalized spacial score (nSPS) is 14.9. The van der Waals surface area contributed by atoms with Gasteiger partial charge in [-0.15, -0.1) is 11.6 Å². The highest BCUT2D eigenvalue weighted by molar-refractivity contribution is 7.83. The Balaban J connectivity index is 2.40. The Hall–Kier alpha value is -1.51. The third-order valence-corrected chi connectivity index (χ3v) is 12.8. The van der Waals surface area contributed by atoms with Gasteiger partial charge in [0, 0.05) is 12.6 Å². The molecule has 1 N–H and O–H groups in total. The maximum absolute atomic E-state index is 13.2. The number of hydrogen-bond acceptors (Lipinski definition) is 3. The molecule has 0 aromatic heterocycles. The van der Waals surface area contributed by atoms with Crippen LogP contribution in [0.15, 0.2) is 59.5 Å². The van der Waals surface area contributed by atoms with Crippen LogP contribution in [0.5, 0.6) is 0 Å². The highest BCUT2D eigenvalue weighted by Crippen LogP contribution is 2.37. The first-order valence-electron chi connectivity index (χ1n) is 12.2. The van der Waals surface area contributed by atoms with Crippen molar-refractivity contribution in [2.75, 3.05) is 12.5 Å². The van der Waals surface area contributed by atoms with Crippen LogP contribution in [0.4, 0.5) is 0 Å². The smallest absolute Gasteiger partial charge is 0.238 e. The number of halogens is 1. The number of rotatable bonds is 12. The minimum atomic E-state index is -2.09. The molecule has 0 unspecified atom stereocenters. The van der Waals surface area contributed by atoms with Gasteiger partial charge in [-0.2, -0.15) is 0 Å². The van der Waals surface area contributed by atoms with Crippen molar-refractivity contribution in [3.05, 3.63) is 65.7 Å². The SMILES string of the molecule is CC[C@@H](N[S@@](=O)c1ccc(C)cc1)[C@@H](CO[Si](C)(C)C(C)(C)C)N(Cc1ccccc1)C(=O)CCl. The van der Waals surface area contributed by atoms with Crippen LogP contribution in [-0.2, 0) is 26.8 Å². The minimum Gasteiger partial charge on any atom is -0.415 e. The topological polar surface area (TPSA) is 58.6 Å². The number of alkyl halides is 1. The summed E-state index contributed by atoms with van der Waals surface area (Å²) in [5, 5.41) is 0.0260. The molecule has 0 heterocycles. The Morgan fingerprint density at radius 1 is 1.11 bits per heavy atom. The number of nitrogens with one attached hydrogen (secondary N) is 1. The maximum Gasteiger partial charge on any atom is 0.238 e. The molecular formula is C27H41ClN2O3SSi. The molecule has 2 rings (SSSR count). The van der Waals surface area contributed by atoms with E-state index in [4.69, 9.17) is 16.0 Å². The Labute approximate surface area is 220 Å². The molecule has 35 heavy (non-hydrogen) atoms. The molecule has 0 spiro atoms. The number of carbonyl (C=O) groups excluding carboxylic acids is 1. The summed E-state index contributed by atoms with van der Waals surface area (Å²) in [6.45, 7) is 15.8. The molecule has 3 atom stereocenters. The molecule has 8 heteroatoms. The zero-order valence-corrected chi connectivity index (χ0v) is 24.7. The Bertz CT molecular complexity index is 965. The summed E-state index contributed by atoms with van der Waals surface area (Å²) in [6.07, 6.45) is 0.671. The van der Waals surface area contributed by atoms with E-state index in [1.54, 1.807) is 4.90 Å². The molecule has 0 aliphatic heterocycles. The zero-order chi connectivity index (χ0) is 26.2. The second kappa shape index (κ2) is 13.2. The van der Waals surface area contributed by atoms with Crippen LogP contribution >= 0.6 is 11.6 Å². The van der Waals surface area contributed by atoms with Gasteiger partial charge in [0.2, 0.25) is 5.91 Å². The average molecular weight is 537 g/mol. The van der Waals surface area contributed by atoms with Gasteiger partial charge in [0.1, 0.15) is 16.9 Å².